The monoisotopic (exact) mass is 446 g/mol. The molecule has 0 aromatic heterocycles. The van der Waals surface area contributed by atoms with Crippen LogP contribution in [0.4, 0.5) is 4.39 Å². The van der Waals surface area contributed by atoms with Crippen molar-refractivity contribution in [2.24, 2.45) is 46.3 Å². The third-order valence-corrected chi connectivity index (χ3v) is 10.4. The molecule has 4 aliphatic rings. The summed E-state index contributed by atoms with van der Waals surface area (Å²) < 4.78 is 15.4. The van der Waals surface area contributed by atoms with Crippen molar-refractivity contribution in [2.45, 2.75) is 97.9 Å². The van der Waals surface area contributed by atoms with Gasteiger partial charge in [0.1, 0.15) is 6.17 Å². The Balaban J connectivity index is 1.52. The Morgan fingerprint density at radius 3 is 2.53 bits per heavy atom. The summed E-state index contributed by atoms with van der Waals surface area (Å²) in [6.45, 7) is 10.8. The first kappa shape index (κ1) is 24.1. The van der Waals surface area contributed by atoms with E-state index in [1.807, 2.05) is 6.08 Å². The molecule has 5 unspecified atom stereocenters. The summed E-state index contributed by atoms with van der Waals surface area (Å²) in [5.41, 5.74) is 0.436. The van der Waals surface area contributed by atoms with Gasteiger partial charge >= 0.3 is 0 Å². The highest BCUT2D eigenvalue weighted by molar-refractivity contribution is 6.01. The minimum atomic E-state index is -1.04. The molecule has 0 aliphatic heterocycles. The third kappa shape index (κ3) is 3.74. The van der Waals surface area contributed by atoms with Gasteiger partial charge in [0.25, 0.3) is 0 Å². The van der Waals surface area contributed by atoms with E-state index < -0.39 is 18.4 Å². The van der Waals surface area contributed by atoms with Crippen molar-refractivity contribution in [2.75, 3.05) is 0 Å². The van der Waals surface area contributed by atoms with Crippen LogP contribution in [0.15, 0.2) is 23.8 Å². The summed E-state index contributed by atoms with van der Waals surface area (Å²) in [6.07, 6.45) is 9.05. The molecule has 2 N–H and O–H groups in total. The van der Waals surface area contributed by atoms with Crippen LogP contribution >= 0.6 is 0 Å². The summed E-state index contributed by atoms with van der Waals surface area (Å²) in [5.74, 6) is 1.88. The van der Waals surface area contributed by atoms with Gasteiger partial charge in [-0.15, -0.1) is 0 Å². The number of carbonyl (C=O) groups excluding carboxylic acids is 1. The average Bonchev–Trinajstić information content (AvgIpc) is 3.06. The van der Waals surface area contributed by atoms with Crippen LogP contribution < -0.4 is 0 Å². The van der Waals surface area contributed by atoms with Crippen LogP contribution in [-0.4, -0.2) is 34.4 Å². The number of hydrogen-bond donors (Lipinski definition) is 2. The van der Waals surface area contributed by atoms with Crippen LogP contribution in [-0.2, 0) is 4.79 Å². The Bertz CT molecular complexity index is 788. The molecule has 0 heterocycles. The van der Waals surface area contributed by atoms with Crippen molar-refractivity contribution in [1.82, 2.24) is 0 Å². The zero-order valence-electron chi connectivity index (χ0n) is 20.6. The number of allylic oxidation sites excluding steroid dienone is 4. The third-order valence-electron chi connectivity index (χ3n) is 10.4. The second kappa shape index (κ2) is 8.65. The molecular formula is C28H43FO3. The summed E-state index contributed by atoms with van der Waals surface area (Å²) in [6, 6.07) is 0. The molecule has 3 saturated carbocycles. The number of alkyl halides is 1. The van der Waals surface area contributed by atoms with Crippen LogP contribution in [0.25, 0.3) is 0 Å². The minimum absolute atomic E-state index is 0.0838. The van der Waals surface area contributed by atoms with E-state index in [1.165, 1.54) is 0 Å². The number of aliphatic hydroxyl groups is 2. The molecule has 0 saturated heterocycles. The molecule has 0 aromatic rings. The lowest BCUT2D eigenvalue weighted by Crippen LogP contribution is -2.52. The summed E-state index contributed by atoms with van der Waals surface area (Å²) >= 11 is 0. The lowest BCUT2D eigenvalue weighted by molar-refractivity contribution is -0.111. The van der Waals surface area contributed by atoms with Gasteiger partial charge in [0, 0.05) is 5.41 Å². The van der Waals surface area contributed by atoms with Crippen LogP contribution in [0.3, 0.4) is 0 Å². The maximum Gasteiger partial charge on any atom is 0.178 e. The number of hydrogen-bond acceptors (Lipinski definition) is 3. The number of halogens is 1. The van der Waals surface area contributed by atoms with Crippen LogP contribution in [0.2, 0.25) is 0 Å². The van der Waals surface area contributed by atoms with E-state index in [9.17, 15) is 15.0 Å². The quantitative estimate of drug-likeness (QED) is 0.554. The smallest absolute Gasteiger partial charge is 0.178 e. The van der Waals surface area contributed by atoms with E-state index in [-0.39, 0.29) is 22.5 Å². The van der Waals surface area contributed by atoms with Crippen molar-refractivity contribution in [3.63, 3.8) is 0 Å². The molecular weight excluding hydrogens is 403 g/mol. The fourth-order valence-corrected chi connectivity index (χ4v) is 8.52. The normalized spacial score (nSPS) is 43.8. The Morgan fingerprint density at radius 1 is 1.16 bits per heavy atom. The summed E-state index contributed by atoms with van der Waals surface area (Å²) in [7, 11) is 0. The topological polar surface area (TPSA) is 57.5 Å². The molecule has 4 rings (SSSR count). The zero-order valence-corrected chi connectivity index (χ0v) is 20.6. The molecule has 0 amide bonds. The van der Waals surface area contributed by atoms with Gasteiger partial charge in [-0.1, -0.05) is 47.1 Å². The first-order chi connectivity index (χ1) is 15.0. The van der Waals surface area contributed by atoms with Crippen molar-refractivity contribution in [1.29, 1.82) is 0 Å². The Labute approximate surface area is 193 Å². The van der Waals surface area contributed by atoms with Crippen LogP contribution in [0.1, 0.15) is 79.6 Å². The van der Waals surface area contributed by atoms with Crippen molar-refractivity contribution >= 4 is 5.78 Å². The molecule has 4 heteroatoms. The standard InChI is InChI=1S/C28H43FO3/c1-6-19(16(2)3)26(32)25(31)13-17-7-8-21-20-15-24(29)23-14-18(30)9-11-28(23,5)22(20)10-12-27(17,21)4/h9,11,14,16-17,19-22,24-26,31-32H,6-8,10,12-13,15H2,1-5H3/t17-,19+,20?,21?,22?,24+,25+,26?,27-,28?/m1/s1. The molecule has 0 aromatic carbocycles. The first-order valence-electron chi connectivity index (χ1n) is 13.0. The molecule has 3 nitrogen and oxygen atoms in total. The molecule has 0 spiro atoms. The Morgan fingerprint density at radius 2 is 1.88 bits per heavy atom. The van der Waals surface area contributed by atoms with E-state index in [1.54, 1.807) is 12.2 Å². The molecule has 4 aliphatic carbocycles. The maximum atomic E-state index is 15.4. The number of rotatable bonds is 6. The zero-order chi connectivity index (χ0) is 23.4. The molecule has 0 radical (unpaired) electrons. The highest BCUT2D eigenvalue weighted by Crippen LogP contribution is 2.66. The maximum absolute atomic E-state index is 15.4. The SMILES string of the molecule is CC[C@@H](C(C)C)C(O)[C@@H](O)C[C@H]1CCC2C3C[C@H](F)C4=CC(=O)C=CC4(C)C3CC[C@@]21C. The minimum Gasteiger partial charge on any atom is -0.390 e. The summed E-state index contributed by atoms with van der Waals surface area (Å²) in [4.78, 5) is 11.9. The second-order valence-electron chi connectivity index (χ2n) is 12.1. The van der Waals surface area contributed by atoms with Crippen LogP contribution in [0.5, 0.6) is 0 Å². The molecule has 180 valence electrons. The van der Waals surface area contributed by atoms with Gasteiger partial charge in [-0.25, -0.2) is 4.39 Å². The summed E-state index contributed by atoms with van der Waals surface area (Å²) in [5, 5.41) is 21.8. The Hall–Kier alpha value is -1.00. The van der Waals surface area contributed by atoms with Gasteiger partial charge < -0.3 is 10.2 Å². The lowest BCUT2D eigenvalue weighted by atomic mass is 9.47. The first-order valence-corrected chi connectivity index (χ1v) is 13.0. The van der Waals surface area contributed by atoms with Gasteiger partial charge in [-0.2, -0.15) is 0 Å². The fraction of sp³-hybridized carbons (Fsp3) is 0.821. The number of carbonyl (C=O) groups is 1. The van der Waals surface area contributed by atoms with Crippen molar-refractivity contribution < 1.29 is 19.4 Å². The van der Waals surface area contributed by atoms with E-state index in [0.717, 1.165) is 32.1 Å². The number of ketones is 1. The molecule has 32 heavy (non-hydrogen) atoms. The largest absolute Gasteiger partial charge is 0.390 e. The van der Waals surface area contributed by atoms with Gasteiger partial charge in [-0.05, 0) is 97.2 Å². The molecule has 10 atom stereocenters. The van der Waals surface area contributed by atoms with E-state index >= 15 is 4.39 Å². The van der Waals surface area contributed by atoms with E-state index in [0.29, 0.717) is 48.0 Å². The van der Waals surface area contributed by atoms with E-state index in [2.05, 4.69) is 34.6 Å². The second-order valence-corrected chi connectivity index (χ2v) is 12.1. The van der Waals surface area contributed by atoms with E-state index in [4.69, 9.17) is 0 Å². The lowest BCUT2D eigenvalue weighted by Gasteiger charge is -2.57. The predicted molar refractivity (Wildman–Crippen MR) is 126 cm³/mol. The van der Waals surface area contributed by atoms with Gasteiger partial charge in [-0.3, -0.25) is 4.79 Å². The number of fused-ring (bicyclic) bond motifs is 5. The number of aliphatic hydroxyl groups excluding tert-OH is 2. The molecule has 3 fully saturated rings. The predicted octanol–water partition coefficient (Wildman–Crippen LogP) is 5.65. The van der Waals surface area contributed by atoms with Crippen molar-refractivity contribution in [3.8, 4) is 0 Å². The van der Waals surface area contributed by atoms with Gasteiger partial charge in [0.2, 0.25) is 0 Å². The average molecular weight is 447 g/mol. The van der Waals surface area contributed by atoms with Crippen molar-refractivity contribution in [3.05, 3.63) is 23.8 Å². The molecule has 0 bridgehead atoms. The Kier molecular flexibility index (Phi) is 6.53. The van der Waals surface area contributed by atoms with Gasteiger partial charge in [0.05, 0.1) is 12.2 Å². The highest BCUT2D eigenvalue weighted by atomic mass is 19.1. The van der Waals surface area contributed by atoms with Crippen LogP contribution in [0, 0.1) is 46.3 Å². The highest BCUT2D eigenvalue weighted by Gasteiger charge is 2.60. The fourth-order valence-electron chi connectivity index (χ4n) is 8.52. The van der Waals surface area contributed by atoms with Gasteiger partial charge in [0.15, 0.2) is 5.78 Å².